The summed E-state index contributed by atoms with van der Waals surface area (Å²) in [6.45, 7) is 6.61. The maximum absolute atomic E-state index is 5.78. The highest BCUT2D eigenvalue weighted by Crippen LogP contribution is 2.30. The largest absolute Gasteiger partial charge is 0.493 e. The number of rotatable bonds is 4. The van der Waals surface area contributed by atoms with Crippen LogP contribution in [0.3, 0.4) is 0 Å². The van der Waals surface area contributed by atoms with Gasteiger partial charge in [0.05, 0.1) is 7.11 Å². The van der Waals surface area contributed by atoms with Crippen LogP contribution in [0.1, 0.15) is 25.0 Å². The smallest absolute Gasteiger partial charge is 0.162 e. The van der Waals surface area contributed by atoms with Gasteiger partial charge in [0.15, 0.2) is 11.5 Å². The maximum atomic E-state index is 5.78. The van der Waals surface area contributed by atoms with Crippen molar-refractivity contribution in [2.45, 2.75) is 27.4 Å². The van der Waals surface area contributed by atoms with Crippen molar-refractivity contribution in [2.24, 2.45) is 0 Å². The molecule has 20 heavy (non-hydrogen) atoms. The minimum atomic E-state index is 0.535. The van der Waals surface area contributed by atoms with E-state index in [2.05, 4.69) is 47.1 Å². The highest BCUT2D eigenvalue weighted by molar-refractivity contribution is 9.10. The number of hydrogen-bond acceptors (Lipinski definition) is 2. The monoisotopic (exact) mass is 336 g/mol. The summed E-state index contributed by atoms with van der Waals surface area (Å²) >= 11 is 3.43. The molecule has 0 fully saturated rings. The van der Waals surface area contributed by atoms with Crippen LogP contribution in [-0.4, -0.2) is 7.11 Å². The second-order valence-electron chi connectivity index (χ2n) is 4.07. The molecular weight excluding hydrogens is 316 g/mol. The van der Waals surface area contributed by atoms with Gasteiger partial charge >= 0.3 is 0 Å². The Kier molecular flexibility index (Phi) is 7.16. The fraction of sp³-hybridized carbons (Fsp3) is 0.294. The first kappa shape index (κ1) is 16.6. The minimum Gasteiger partial charge on any atom is -0.493 e. The predicted molar refractivity (Wildman–Crippen MR) is 87.6 cm³/mol. The topological polar surface area (TPSA) is 18.5 Å². The van der Waals surface area contributed by atoms with Crippen LogP contribution in [0, 0.1) is 6.92 Å². The van der Waals surface area contributed by atoms with Crippen molar-refractivity contribution in [1.82, 2.24) is 0 Å². The summed E-state index contributed by atoms with van der Waals surface area (Å²) in [6, 6.07) is 14.0. The molecule has 0 unspecified atom stereocenters. The number of methoxy groups -OCH3 is 1. The van der Waals surface area contributed by atoms with Crippen molar-refractivity contribution in [2.75, 3.05) is 7.11 Å². The van der Waals surface area contributed by atoms with Crippen molar-refractivity contribution in [1.29, 1.82) is 0 Å². The van der Waals surface area contributed by atoms with Crippen molar-refractivity contribution >= 4 is 15.9 Å². The Balaban J connectivity index is 0.000000956. The molecule has 3 heteroatoms. The zero-order valence-corrected chi connectivity index (χ0v) is 14.0. The van der Waals surface area contributed by atoms with Crippen LogP contribution >= 0.6 is 15.9 Å². The molecule has 2 nitrogen and oxygen atoms in total. The standard InChI is InChI=1S/C15H15BrO2.C2H6/c1-11-3-5-12(6-4-11)10-18-15-9-13(16)7-8-14(15)17-2;1-2/h3-9H,10H2,1-2H3;1-2H3. The quantitative estimate of drug-likeness (QED) is 0.747. The predicted octanol–water partition coefficient (Wildman–Crippen LogP) is 5.37. The molecule has 0 saturated heterocycles. The first-order valence-electron chi connectivity index (χ1n) is 6.71. The van der Waals surface area contributed by atoms with Crippen LogP contribution in [0.25, 0.3) is 0 Å². The molecule has 0 aromatic heterocycles. The molecule has 0 aliphatic heterocycles. The fourth-order valence-electron chi connectivity index (χ4n) is 1.61. The summed E-state index contributed by atoms with van der Waals surface area (Å²) in [4.78, 5) is 0. The Morgan fingerprint density at radius 1 is 0.950 bits per heavy atom. The molecule has 0 atom stereocenters. The van der Waals surface area contributed by atoms with E-state index < -0.39 is 0 Å². The lowest BCUT2D eigenvalue weighted by atomic mass is 10.2. The van der Waals surface area contributed by atoms with Crippen molar-refractivity contribution in [3.8, 4) is 11.5 Å². The average Bonchev–Trinajstić information content (AvgIpc) is 2.49. The lowest BCUT2D eigenvalue weighted by molar-refractivity contribution is 0.284. The molecule has 2 aromatic carbocycles. The van der Waals surface area contributed by atoms with Gasteiger partial charge in [-0.3, -0.25) is 0 Å². The van der Waals surface area contributed by atoms with Crippen LogP contribution in [-0.2, 0) is 6.61 Å². The van der Waals surface area contributed by atoms with E-state index in [-0.39, 0.29) is 0 Å². The summed E-state index contributed by atoms with van der Waals surface area (Å²) in [5.41, 5.74) is 2.39. The van der Waals surface area contributed by atoms with Gasteiger partial charge in [-0.15, -0.1) is 0 Å². The molecule has 0 aliphatic carbocycles. The van der Waals surface area contributed by atoms with Gasteiger partial charge in [0.25, 0.3) is 0 Å². The SMILES string of the molecule is CC.COc1ccc(Br)cc1OCc1ccc(C)cc1. The first-order valence-corrected chi connectivity index (χ1v) is 7.50. The van der Waals surface area contributed by atoms with Crippen molar-refractivity contribution in [3.05, 3.63) is 58.1 Å². The highest BCUT2D eigenvalue weighted by Gasteiger charge is 2.05. The molecule has 0 amide bonds. The van der Waals surface area contributed by atoms with E-state index >= 15 is 0 Å². The molecule has 108 valence electrons. The van der Waals surface area contributed by atoms with Gasteiger partial charge in [-0.05, 0) is 30.7 Å². The zero-order chi connectivity index (χ0) is 15.0. The fourth-order valence-corrected chi connectivity index (χ4v) is 1.95. The van der Waals surface area contributed by atoms with E-state index in [0.717, 1.165) is 21.5 Å². The van der Waals surface area contributed by atoms with Gasteiger partial charge in [-0.25, -0.2) is 0 Å². The van der Waals surface area contributed by atoms with Gasteiger partial charge in [0.2, 0.25) is 0 Å². The minimum absolute atomic E-state index is 0.535. The Hall–Kier alpha value is -1.48. The Labute approximate surface area is 129 Å². The van der Waals surface area contributed by atoms with Crippen LogP contribution < -0.4 is 9.47 Å². The van der Waals surface area contributed by atoms with E-state index in [4.69, 9.17) is 9.47 Å². The van der Waals surface area contributed by atoms with Crippen LogP contribution in [0.15, 0.2) is 46.9 Å². The Morgan fingerprint density at radius 3 is 2.20 bits per heavy atom. The van der Waals surface area contributed by atoms with Gasteiger partial charge in [0, 0.05) is 4.47 Å². The Morgan fingerprint density at radius 2 is 1.60 bits per heavy atom. The summed E-state index contributed by atoms with van der Waals surface area (Å²) in [5.74, 6) is 1.48. The van der Waals surface area contributed by atoms with E-state index in [1.165, 1.54) is 5.56 Å². The van der Waals surface area contributed by atoms with Gasteiger partial charge in [-0.1, -0.05) is 59.6 Å². The zero-order valence-electron chi connectivity index (χ0n) is 12.4. The third-order valence-corrected chi connectivity index (χ3v) is 3.13. The molecule has 0 N–H and O–H groups in total. The number of aryl methyl sites for hydroxylation is 1. The number of benzene rings is 2. The summed E-state index contributed by atoms with van der Waals surface area (Å²) in [6.07, 6.45) is 0. The second kappa shape index (κ2) is 8.64. The lowest BCUT2D eigenvalue weighted by Crippen LogP contribution is -1.97. The lowest BCUT2D eigenvalue weighted by Gasteiger charge is -2.11. The molecule has 0 spiro atoms. The molecular formula is C17H21BrO2. The molecule has 2 aromatic rings. The van der Waals surface area contributed by atoms with E-state index in [1.807, 2.05) is 32.0 Å². The summed E-state index contributed by atoms with van der Waals surface area (Å²) in [5, 5.41) is 0. The molecule has 0 aliphatic rings. The number of ether oxygens (including phenoxy) is 2. The van der Waals surface area contributed by atoms with Gasteiger partial charge in [0.1, 0.15) is 6.61 Å². The summed E-state index contributed by atoms with van der Waals surface area (Å²) in [7, 11) is 1.64. The second-order valence-corrected chi connectivity index (χ2v) is 4.99. The first-order chi connectivity index (χ1) is 9.69. The molecule has 0 bridgehead atoms. The normalized spacial score (nSPS) is 9.45. The van der Waals surface area contributed by atoms with Crippen LogP contribution in [0.2, 0.25) is 0 Å². The molecule has 0 saturated carbocycles. The molecule has 0 radical (unpaired) electrons. The molecule has 2 rings (SSSR count). The third kappa shape index (κ3) is 4.89. The Bertz CT molecular complexity index is 521. The molecule has 0 heterocycles. The van der Waals surface area contributed by atoms with Crippen LogP contribution in [0.5, 0.6) is 11.5 Å². The number of hydrogen-bond donors (Lipinski definition) is 0. The van der Waals surface area contributed by atoms with E-state index in [1.54, 1.807) is 7.11 Å². The number of halogens is 1. The third-order valence-electron chi connectivity index (χ3n) is 2.64. The van der Waals surface area contributed by atoms with Gasteiger partial charge < -0.3 is 9.47 Å². The maximum Gasteiger partial charge on any atom is 0.162 e. The van der Waals surface area contributed by atoms with E-state index in [0.29, 0.717) is 6.61 Å². The van der Waals surface area contributed by atoms with Crippen LogP contribution in [0.4, 0.5) is 0 Å². The van der Waals surface area contributed by atoms with Crippen molar-refractivity contribution < 1.29 is 9.47 Å². The van der Waals surface area contributed by atoms with E-state index in [9.17, 15) is 0 Å². The van der Waals surface area contributed by atoms with Gasteiger partial charge in [-0.2, -0.15) is 0 Å². The average molecular weight is 337 g/mol. The van der Waals surface area contributed by atoms with Crippen molar-refractivity contribution in [3.63, 3.8) is 0 Å². The highest BCUT2D eigenvalue weighted by atomic mass is 79.9. The summed E-state index contributed by atoms with van der Waals surface area (Å²) < 4.78 is 12.0.